The Balaban J connectivity index is 1.33. The average Bonchev–Trinajstić information content (AvgIpc) is 3.47. The molecule has 2 aromatic carbocycles. The van der Waals surface area contributed by atoms with Gasteiger partial charge in [0.2, 0.25) is 5.91 Å². The summed E-state index contributed by atoms with van der Waals surface area (Å²) < 4.78 is 8.53. The van der Waals surface area contributed by atoms with E-state index >= 15 is 0 Å². The molecule has 0 saturated heterocycles. The van der Waals surface area contributed by atoms with E-state index in [9.17, 15) is 9.59 Å². The number of carbonyl (C=O) groups excluding carboxylic acids is 2. The minimum Gasteiger partial charge on any atom is -0.461 e. The number of benzene rings is 2. The van der Waals surface area contributed by atoms with E-state index in [1.165, 1.54) is 11.8 Å². The number of hydrogen-bond donors (Lipinski definition) is 1. The van der Waals surface area contributed by atoms with Crippen LogP contribution >= 0.6 is 11.8 Å². The molecule has 0 aliphatic heterocycles. The molecule has 0 aliphatic rings. The summed E-state index contributed by atoms with van der Waals surface area (Å²) in [6.45, 7) is 4.59. The first kappa shape index (κ1) is 23.2. The molecule has 0 unspecified atom stereocenters. The fourth-order valence-electron chi connectivity index (χ4n) is 3.22. The van der Waals surface area contributed by atoms with Gasteiger partial charge in [0.25, 0.3) is 0 Å². The summed E-state index contributed by atoms with van der Waals surface area (Å²) in [5, 5.41) is 16.2. The Morgan fingerprint density at radius 2 is 1.79 bits per heavy atom. The first-order valence-electron chi connectivity index (χ1n) is 10.7. The van der Waals surface area contributed by atoms with Crippen LogP contribution in [0.4, 0.5) is 5.69 Å². The van der Waals surface area contributed by atoms with Crippen molar-refractivity contribution in [3.8, 4) is 5.69 Å². The summed E-state index contributed by atoms with van der Waals surface area (Å²) in [6, 6.07) is 18.8. The van der Waals surface area contributed by atoms with Crippen molar-refractivity contribution in [2.24, 2.45) is 0 Å². The Morgan fingerprint density at radius 1 is 1.03 bits per heavy atom. The molecular formula is C24H24N6O3S. The SMILES string of the molecule is CCOC(=O)c1ccn(-c2ccc(NC(=O)CSc3nnc(C)n3Cc3ccccc3)cc2)n1. The zero-order chi connectivity index (χ0) is 23.9. The lowest BCUT2D eigenvalue weighted by Crippen LogP contribution is -2.15. The normalized spacial score (nSPS) is 10.8. The number of rotatable bonds is 9. The van der Waals surface area contributed by atoms with Crippen LogP contribution < -0.4 is 5.32 Å². The lowest BCUT2D eigenvalue weighted by atomic mass is 10.2. The number of nitrogens with zero attached hydrogens (tertiary/aromatic N) is 5. The highest BCUT2D eigenvalue weighted by Crippen LogP contribution is 2.20. The maximum Gasteiger partial charge on any atom is 0.358 e. The number of aromatic nitrogens is 5. The second-order valence-corrected chi connectivity index (χ2v) is 8.29. The topological polar surface area (TPSA) is 104 Å². The van der Waals surface area contributed by atoms with Gasteiger partial charge in [-0.3, -0.25) is 4.79 Å². The minimum absolute atomic E-state index is 0.145. The van der Waals surface area contributed by atoms with Gasteiger partial charge >= 0.3 is 5.97 Å². The maximum atomic E-state index is 12.5. The Morgan fingerprint density at radius 3 is 2.53 bits per heavy atom. The zero-order valence-electron chi connectivity index (χ0n) is 18.8. The molecule has 1 N–H and O–H groups in total. The molecule has 0 spiro atoms. The number of nitrogens with one attached hydrogen (secondary N) is 1. The lowest BCUT2D eigenvalue weighted by Gasteiger charge is -2.09. The van der Waals surface area contributed by atoms with Crippen LogP contribution in [0.5, 0.6) is 0 Å². The fraction of sp³-hybridized carbons (Fsp3) is 0.208. The van der Waals surface area contributed by atoms with Crippen LogP contribution in [-0.2, 0) is 16.1 Å². The third kappa shape index (κ3) is 5.70. The molecule has 10 heteroatoms. The van der Waals surface area contributed by atoms with Crippen molar-refractivity contribution in [3.05, 3.63) is 83.9 Å². The minimum atomic E-state index is -0.461. The van der Waals surface area contributed by atoms with E-state index in [0.717, 1.165) is 17.1 Å². The van der Waals surface area contributed by atoms with E-state index in [1.54, 1.807) is 36.0 Å². The van der Waals surface area contributed by atoms with Gasteiger partial charge in [-0.2, -0.15) is 5.10 Å². The van der Waals surface area contributed by atoms with E-state index in [1.807, 2.05) is 54.0 Å². The number of esters is 1. The number of hydrogen-bond acceptors (Lipinski definition) is 7. The number of thioether (sulfide) groups is 1. The van der Waals surface area contributed by atoms with Crippen LogP contribution in [0.3, 0.4) is 0 Å². The summed E-state index contributed by atoms with van der Waals surface area (Å²) >= 11 is 1.34. The van der Waals surface area contributed by atoms with E-state index in [4.69, 9.17) is 4.74 Å². The smallest absolute Gasteiger partial charge is 0.358 e. The molecule has 9 nitrogen and oxygen atoms in total. The van der Waals surface area contributed by atoms with Crippen molar-refractivity contribution < 1.29 is 14.3 Å². The number of aryl methyl sites for hydroxylation is 1. The van der Waals surface area contributed by atoms with Crippen molar-refractivity contribution in [2.75, 3.05) is 17.7 Å². The summed E-state index contributed by atoms with van der Waals surface area (Å²) in [7, 11) is 0. The summed E-state index contributed by atoms with van der Waals surface area (Å²) in [5.74, 6) is 0.398. The summed E-state index contributed by atoms with van der Waals surface area (Å²) in [4.78, 5) is 24.3. The second kappa shape index (κ2) is 10.8. The highest BCUT2D eigenvalue weighted by molar-refractivity contribution is 7.99. The fourth-order valence-corrected chi connectivity index (χ4v) is 4.01. The van der Waals surface area contributed by atoms with Gasteiger partial charge in [-0.05, 0) is 49.7 Å². The Kier molecular flexibility index (Phi) is 7.38. The van der Waals surface area contributed by atoms with Gasteiger partial charge in [-0.25, -0.2) is 9.48 Å². The standard InChI is InChI=1S/C24H24N6O3S/c1-3-33-23(32)21-13-14-30(28-21)20-11-9-19(10-12-20)25-22(31)16-34-24-27-26-17(2)29(24)15-18-7-5-4-6-8-18/h4-14H,3,15-16H2,1-2H3,(H,25,31). The molecule has 2 aromatic heterocycles. The van der Waals surface area contributed by atoms with Gasteiger partial charge in [0, 0.05) is 11.9 Å². The molecule has 34 heavy (non-hydrogen) atoms. The van der Waals surface area contributed by atoms with Crippen molar-refractivity contribution in [1.82, 2.24) is 24.5 Å². The van der Waals surface area contributed by atoms with Crippen LogP contribution in [0.15, 0.2) is 72.0 Å². The summed E-state index contributed by atoms with van der Waals surface area (Å²) in [5.41, 5.74) is 2.80. The lowest BCUT2D eigenvalue weighted by molar-refractivity contribution is -0.113. The molecule has 4 rings (SSSR count). The Labute approximate surface area is 201 Å². The molecule has 0 saturated carbocycles. The number of ether oxygens (including phenoxy) is 1. The molecule has 0 fully saturated rings. The first-order valence-corrected chi connectivity index (χ1v) is 11.7. The van der Waals surface area contributed by atoms with Crippen molar-refractivity contribution in [3.63, 3.8) is 0 Å². The van der Waals surface area contributed by atoms with Crippen LogP contribution in [0.1, 0.15) is 28.8 Å². The molecule has 0 radical (unpaired) electrons. The quantitative estimate of drug-likeness (QED) is 0.290. The first-order chi connectivity index (χ1) is 16.5. The molecular weight excluding hydrogens is 452 g/mol. The second-order valence-electron chi connectivity index (χ2n) is 7.35. The van der Waals surface area contributed by atoms with E-state index in [2.05, 4.69) is 20.6 Å². The van der Waals surface area contributed by atoms with E-state index in [-0.39, 0.29) is 17.4 Å². The van der Waals surface area contributed by atoms with Crippen molar-refractivity contribution in [1.29, 1.82) is 0 Å². The highest BCUT2D eigenvalue weighted by Gasteiger charge is 2.13. The van der Waals surface area contributed by atoms with Crippen LogP contribution in [0.25, 0.3) is 5.69 Å². The van der Waals surface area contributed by atoms with Crippen molar-refractivity contribution in [2.45, 2.75) is 25.5 Å². The predicted molar refractivity (Wildman–Crippen MR) is 129 cm³/mol. The highest BCUT2D eigenvalue weighted by atomic mass is 32.2. The molecule has 0 atom stereocenters. The molecule has 1 amide bonds. The molecule has 0 bridgehead atoms. The van der Waals surface area contributed by atoms with Crippen molar-refractivity contribution >= 4 is 29.3 Å². The largest absolute Gasteiger partial charge is 0.461 e. The van der Waals surface area contributed by atoms with Gasteiger partial charge < -0.3 is 14.6 Å². The molecule has 174 valence electrons. The van der Waals surface area contributed by atoms with Gasteiger partial charge in [-0.15, -0.1) is 10.2 Å². The summed E-state index contributed by atoms with van der Waals surface area (Å²) in [6.07, 6.45) is 1.68. The van der Waals surface area contributed by atoms with E-state index < -0.39 is 5.97 Å². The van der Waals surface area contributed by atoms with Crippen LogP contribution in [0, 0.1) is 6.92 Å². The van der Waals surface area contributed by atoms with Gasteiger partial charge in [0.05, 0.1) is 24.6 Å². The van der Waals surface area contributed by atoms with Crippen LogP contribution in [-0.4, -0.2) is 48.8 Å². The van der Waals surface area contributed by atoms with Gasteiger partial charge in [-0.1, -0.05) is 42.1 Å². The van der Waals surface area contributed by atoms with Gasteiger partial charge in [0.15, 0.2) is 10.9 Å². The number of anilines is 1. The predicted octanol–water partition coefficient (Wildman–Crippen LogP) is 3.73. The number of amides is 1. The Bertz CT molecular complexity index is 1270. The van der Waals surface area contributed by atoms with Crippen LogP contribution in [0.2, 0.25) is 0 Å². The van der Waals surface area contributed by atoms with E-state index in [0.29, 0.717) is 24.0 Å². The van der Waals surface area contributed by atoms with Gasteiger partial charge in [0.1, 0.15) is 5.82 Å². The number of carbonyl (C=O) groups is 2. The molecule has 2 heterocycles. The third-order valence-corrected chi connectivity index (χ3v) is 5.87. The molecule has 4 aromatic rings. The maximum absolute atomic E-state index is 12.5. The zero-order valence-corrected chi connectivity index (χ0v) is 19.7. The molecule has 0 aliphatic carbocycles. The monoisotopic (exact) mass is 476 g/mol. The average molecular weight is 477 g/mol. The Hall–Kier alpha value is -3.92. The third-order valence-electron chi connectivity index (χ3n) is 4.91.